The van der Waals surface area contributed by atoms with Crippen LogP contribution in [0.1, 0.15) is 18.4 Å². The molecule has 1 atom stereocenters. The number of aromatic nitrogens is 3. The van der Waals surface area contributed by atoms with Gasteiger partial charge < -0.3 is 20.3 Å². The summed E-state index contributed by atoms with van der Waals surface area (Å²) in [4.78, 5) is 6.92. The Balaban J connectivity index is 1.55. The van der Waals surface area contributed by atoms with Gasteiger partial charge in [0.05, 0.1) is 24.1 Å². The van der Waals surface area contributed by atoms with Gasteiger partial charge in [-0.2, -0.15) is 5.10 Å². The topological polar surface area (TPSA) is 67.2 Å². The van der Waals surface area contributed by atoms with Gasteiger partial charge in [0.1, 0.15) is 5.75 Å². The lowest BCUT2D eigenvalue weighted by molar-refractivity contribution is 0.414. The van der Waals surface area contributed by atoms with E-state index >= 15 is 0 Å². The molecule has 160 valence electrons. The quantitative estimate of drug-likeness (QED) is 0.511. The second-order valence-corrected chi connectivity index (χ2v) is 8.07. The molecule has 3 aromatic rings. The molecular formula is C22H29ClN6O. The van der Waals surface area contributed by atoms with Gasteiger partial charge in [0.25, 0.3) is 0 Å². The van der Waals surface area contributed by atoms with Crippen LogP contribution in [0.2, 0.25) is 5.02 Å². The first-order chi connectivity index (χ1) is 14.7. The SMILES string of the molecule is CNCCCNC1CCN(c2nn(Cc3ccc(OC)cc3)c3nccc(Cl)c23)C1. The van der Waals surface area contributed by atoms with Gasteiger partial charge in [-0.1, -0.05) is 23.7 Å². The Hall–Kier alpha value is -2.35. The zero-order valence-corrected chi connectivity index (χ0v) is 18.3. The van der Waals surface area contributed by atoms with E-state index in [0.717, 1.165) is 67.2 Å². The number of methoxy groups -OCH3 is 1. The van der Waals surface area contributed by atoms with Crippen molar-refractivity contribution in [3.63, 3.8) is 0 Å². The first-order valence-corrected chi connectivity index (χ1v) is 10.8. The van der Waals surface area contributed by atoms with Crippen LogP contribution < -0.4 is 20.3 Å². The molecule has 1 aliphatic rings. The Morgan fingerprint density at radius 2 is 2.03 bits per heavy atom. The summed E-state index contributed by atoms with van der Waals surface area (Å²) < 4.78 is 7.21. The summed E-state index contributed by atoms with van der Waals surface area (Å²) in [5.41, 5.74) is 1.96. The van der Waals surface area contributed by atoms with E-state index in [4.69, 9.17) is 21.4 Å². The highest BCUT2D eigenvalue weighted by atomic mass is 35.5. The van der Waals surface area contributed by atoms with E-state index in [1.807, 2.05) is 29.9 Å². The third kappa shape index (κ3) is 4.53. The van der Waals surface area contributed by atoms with E-state index in [0.29, 0.717) is 17.6 Å². The molecule has 0 saturated carbocycles. The Morgan fingerprint density at radius 3 is 2.80 bits per heavy atom. The second-order valence-electron chi connectivity index (χ2n) is 7.66. The number of ether oxygens (including phenoxy) is 1. The largest absolute Gasteiger partial charge is 0.497 e. The number of anilines is 1. The van der Waals surface area contributed by atoms with Gasteiger partial charge in [0.15, 0.2) is 11.5 Å². The van der Waals surface area contributed by atoms with Crippen LogP contribution in [0.15, 0.2) is 36.5 Å². The highest BCUT2D eigenvalue weighted by Gasteiger charge is 2.27. The van der Waals surface area contributed by atoms with E-state index in [1.54, 1.807) is 13.3 Å². The van der Waals surface area contributed by atoms with Crippen LogP contribution in [0, 0.1) is 0 Å². The Kier molecular flexibility index (Phi) is 6.72. The fourth-order valence-electron chi connectivity index (χ4n) is 3.97. The fraction of sp³-hybridized carbons (Fsp3) is 0.455. The molecule has 0 aliphatic carbocycles. The minimum atomic E-state index is 0.471. The second kappa shape index (κ2) is 9.64. The zero-order chi connectivity index (χ0) is 20.9. The van der Waals surface area contributed by atoms with E-state index in [-0.39, 0.29) is 0 Å². The molecular weight excluding hydrogens is 400 g/mol. The predicted octanol–water partition coefficient (Wildman–Crippen LogP) is 2.92. The Labute approximate surface area is 182 Å². The summed E-state index contributed by atoms with van der Waals surface area (Å²) in [7, 11) is 3.66. The van der Waals surface area contributed by atoms with Gasteiger partial charge in [-0.25, -0.2) is 9.67 Å². The van der Waals surface area contributed by atoms with Crippen LogP contribution in [0.5, 0.6) is 5.75 Å². The number of hydrogen-bond acceptors (Lipinski definition) is 6. The van der Waals surface area contributed by atoms with Crippen LogP contribution in [-0.4, -0.2) is 61.1 Å². The maximum absolute atomic E-state index is 6.59. The first kappa shape index (κ1) is 20.9. The molecule has 0 amide bonds. The Morgan fingerprint density at radius 1 is 1.20 bits per heavy atom. The number of pyridine rings is 1. The summed E-state index contributed by atoms with van der Waals surface area (Å²) in [6.45, 7) is 4.58. The van der Waals surface area contributed by atoms with Crippen LogP contribution in [0.25, 0.3) is 11.0 Å². The van der Waals surface area contributed by atoms with Crippen molar-refractivity contribution in [3.05, 3.63) is 47.1 Å². The normalized spacial score (nSPS) is 16.5. The number of rotatable bonds is 9. The lowest BCUT2D eigenvalue weighted by Crippen LogP contribution is -2.34. The maximum atomic E-state index is 6.59. The summed E-state index contributed by atoms with van der Waals surface area (Å²) in [6, 6.07) is 10.4. The number of nitrogens with zero attached hydrogens (tertiary/aromatic N) is 4. The average Bonchev–Trinajstić information content (AvgIpc) is 3.37. The van der Waals surface area contributed by atoms with Gasteiger partial charge in [-0.05, 0) is 56.7 Å². The van der Waals surface area contributed by atoms with Gasteiger partial charge in [-0.15, -0.1) is 0 Å². The highest BCUT2D eigenvalue weighted by molar-refractivity contribution is 6.36. The third-order valence-electron chi connectivity index (χ3n) is 5.58. The summed E-state index contributed by atoms with van der Waals surface area (Å²) in [5, 5.41) is 13.4. The molecule has 0 spiro atoms. The van der Waals surface area contributed by atoms with Gasteiger partial charge >= 0.3 is 0 Å². The molecule has 1 unspecified atom stereocenters. The zero-order valence-electron chi connectivity index (χ0n) is 17.6. The summed E-state index contributed by atoms with van der Waals surface area (Å²) >= 11 is 6.59. The summed E-state index contributed by atoms with van der Waals surface area (Å²) in [6.07, 6.45) is 3.98. The van der Waals surface area contributed by atoms with Gasteiger partial charge in [0.2, 0.25) is 0 Å². The molecule has 1 aliphatic heterocycles. The smallest absolute Gasteiger partial charge is 0.161 e. The van der Waals surface area contributed by atoms with Crippen LogP contribution in [-0.2, 0) is 6.54 Å². The van der Waals surface area contributed by atoms with E-state index < -0.39 is 0 Å². The molecule has 2 aromatic heterocycles. The van der Waals surface area contributed by atoms with Crippen molar-refractivity contribution in [1.82, 2.24) is 25.4 Å². The molecule has 0 bridgehead atoms. The van der Waals surface area contributed by atoms with Crippen molar-refractivity contribution in [2.75, 3.05) is 45.2 Å². The van der Waals surface area contributed by atoms with E-state index in [2.05, 4.69) is 32.7 Å². The first-order valence-electron chi connectivity index (χ1n) is 10.5. The average molecular weight is 429 g/mol. The third-order valence-corrected chi connectivity index (χ3v) is 5.89. The Bertz CT molecular complexity index is 974. The number of benzene rings is 1. The molecule has 3 heterocycles. The molecule has 7 nitrogen and oxygen atoms in total. The number of nitrogens with one attached hydrogen (secondary N) is 2. The van der Waals surface area contributed by atoms with Crippen LogP contribution >= 0.6 is 11.6 Å². The lowest BCUT2D eigenvalue weighted by atomic mass is 10.2. The van der Waals surface area contributed by atoms with Crippen molar-refractivity contribution in [3.8, 4) is 5.75 Å². The molecule has 2 N–H and O–H groups in total. The number of fused-ring (bicyclic) bond motifs is 1. The molecule has 1 aromatic carbocycles. The lowest BCUT2D eigenvalue weighted by Gasteiger charge is -2.17. The van der Waals surface area contributed by atoms with Crippen molar-refractivity contribution < 1.29 is 4.74 Å². The molecule has 1 saturated heterocycles. The van der Waals surface area contributed by atoms with Crippen LogP contribution in [0.4, 0.5) is 5.82 Å². The monoisotopic (exact) mass is 428 g/mol. The predicted molar refractivity (Wildman–Crippen MR) is 122 cm³/mol. The van der Waals surface area contributed by atoms with E-state index in [1.165, 1.54) is 0 Å². The standard InChI is InChI=1S/C22H29ClN6O/c1-24-10-3-11-25-17-9-13-28(15-17)22-20-19(23)8-12-26-21(20)29(27-22)14-16-4-6-18(30-2)7-5-16/h4-8,12,17,24-25H,3,9-11,13-15H2,1-2H3. The minimum absolute atomic E-state index is 0.471. The van der Waals surface area contributed by atoms with Crippen molar-refractivity contribution >= 4 is 28.5 Å². The molecule has 1 fully saturated rings. The maximum Gasteiger partial charge on any atom is 0.161 e. The minimum Gasteiger partial charge on any atom is -0.497 e. The number of hydrogen-bond donors (Lipinski definition) is 2. The van der Waals surface area contributed by atoms with E-state index in [9.17, 15) is 0 Å². The van der Waals surface area contributed by atoms with Crippen molar-refractivity contribution in [2.24, 2.45) is 0 Å². The molecule has 8 heteroatoms. The van der Waals surface area contributed by atoms with Gasteiger partial charge in [-0.3, -0.25) is 0 Å². The highest BCUT2D eigenvalue weighted by Crippen LogP contribution is 2.33. The van der Waals surface area contributed by atoms with Crippen LogP contribution in [0.3, 0.4) is 0 Å². The molecule has 30 heavy (non-hydrogen) atoms. The summed E-state index contributed by atoms with van der Waals surface area (Å²) in [5.74, 6) is 1.77. The number of halogens is 1. The molecule has 4 rings (SSSR count). The fourth-order valence-corrected chi connectivity index (χ4v) is 4.19. The van der Waals surface area contributed by atoms with Gasteiger partial charge in [0, 0.05) is 25.3 Å². The molecule has 0 radical (unpaired) electrons. The van der Waals surface area contributed by atoms with Crippen molar-refractivity contribution in [1.29, 1.82) is 0 Å². The van der Waals surface area contributed by atoms with Crippen molar-refractivity contribution in [2.45, 2.75) is 25.4 Å².